The molecule has 160 valence electrons. The Morgan fingerprint density at radius 2 is 1.74 bits per heavy atom. The average molecular weight is 418 g/mol. The van der Waals surface area contributed by atoms with Gasteiger partial charge in [-0.1, -0.05) is 29.3 Å². The number of likely N-dealkylation sites (N-methyl/N-ethyl adjacent to an activating group) is 1. The number of carbonyl (C=O) groups excluding carboxylic acids is 1. The number of rotatable bonds is 6. The predicted octanol–water partition coefficient (Wildman–Crippen LogP) is 3.49. The predicted molar refractivity (Wildman–Crippen MR) is 122 cm³/mol. The fourth-order valence-corrected chi connectivity index (χ4v) is 3.52. The van der Waals surface area contributed by atoms with E-state index in [0.717, 1.165) is 39.8 Å². The molecule has 0 fully saturated rings. The molecule has 2 aromatic carbocycles. The molecule has 0 spiro atoms. The zero-order valence-corrected chi connectivity index (χ0v) is 18.3. The third-order valence-corrected chi connectivity index (χ3v) is 5.27. The first-order valence-corrected chi connectivity index (χ1v) is 10.3. The van der Waals surface area contributed by atoms with Crippen molar-refractivity contribution in [3.8, 4) is 0 Å². The number of aryl methyl sites for hydroxylation is 2. The standard InChI is InChI=1S/C23H27N7O/c1-16-5-8-20(9-6-16)24-23(31)29(12-11-28(3)4)15-19-14-18-13-17(2)7-10-21(18)30-22(19)25-26-27-30/h5-10,13-14H,11-12,15H2,1-4H3,(H,24,31). The number of urea groups is 1. The van der Waals surface area contributed by atoms with E-state index in [1.54, 1.807) is 9.42 Å². The second-order valence-corrected chi connectivity index (χ2v) is 8.17. The summed E-state index contributed by atoms with van der Waals surface area (Å²) in [7, 11) is 3.99. The summed E-state index contributed by atoms with van der Waals surface area (Å²) in [5.74, 6) is 0. The summed E-state index contributed by atoms with van der Waals surface area (Å²) in [5.41, 5.74) is 5.59. The number of amides is 2. The van der Waals surface area contributed by atoms with Crippen LogP contribution < -0.4 is 5.32 Å². The van der Waals surface area contributed by atoms with Gasteiger partial charge in [0, 0.05) is 29.7 Å². The zero-order chi connectivity index (χ0) is 22.0. The van der Waals surface area contributed by atoms with E-state index in [9.17, 15) is 4.79 Å². The van der Waals surface area contributed by atoms with Crippen LogP contribution in [0.4, 0.5) is 10.5 Å². The highest BCUT2D eigenvalue weighted by Crippen LogP contribution is 2.22. The lowest BCUT2D eigenvalue weighted by molar-refractivity contribution is 0.202. The van der Waals surface area contributed by atoms with Crippen LogP contribution in [-0.4, -0.2) is 63.1 Å². The van der Waals surface area contributed by atoms with E-state index in [1.807, 2.05) is 57.4 Å². The third-order valence-electron chi connectivity index (χ3n) is 5.27. The maximum absolute atomic E-state index is 13.1. The molecule has 0 bridgehead atoms. The lowest BCUT2D eigenvalue weighted by Crippen LogP contribution is -2.39. The number of aromatic nitrogens is 4. The average Bonchev–Trinajstić information content (AvgIpc) is 3.22. The highest BCUT2D eigenvalue weighted by molar-refractivity contribution is 5.90. The van der Waals surface area contributed by atoms with E-state index < -0.39 is 0 Å². The number of nitrogens with one attached hydrogen (secondary N) is 1. The second kappa shape index (κ2) is 8.69. The lowest BCUT2D eigenvalue weighted by Gasteiger charge is -2.25. The Kier molecular flexibility index (Phi) is 5.81. The zero-order valence-electron chi connectivity index (χ0n) is 18.3. The molecule has 2 heterocycles. The highest BCUT2D eigenvalue weighted by Gasteiger charge is 2.18. The number of hydrogen-bond donors (Lipinski definition) is 1. The number of hydrogen-bond acceptors (Lipinski definition) is 5. The molecule has 2 aromatic heterocycles. The molecule has 0 atom stereocenters. The third kappa shape index (κ3) is 4.64. The number of tetrazole rings is 1. The van der Waals surface area contributed by atoms with Gasteiger partial charge < -0.3 is 15.1 Å². The topological polar surface area (TPSA) is 78.7 Å². The molecule has 0 aliphatic heterocycles. The normalized spacial score (nSPS) is 11.4. The Morgan fingerprint density at radius 3 is 2.48 bits per heavy atom. The molecule has 0 aliphatic carbocycles. The molecule has 4 rings (SSSR count). The Labute approximate surface area is 181 Å². The summed E-state index contributed by atoms with van der Waals surface area (Å²) in [4.78, 5) is 17.0. The maximum Gasteiger partial charge on any atom is 0.322 e. The number of carbonyl (C=O) groups is 1. The Hall–Kier alpha value is -3.52. The minimum Gasteiger partial charge on any atom is -0.319 e. The number of fused-ring (bicyclic) bond motifs is 3. The SMILES string of the molecule is Cc1ccc(NC(=O)N(CCN(C)C)Cc2cc3cc(C)ccc3n3nnnc23)cc1. The Morgan fingerprint density at radius 1 is 1.00 bits per heavy atom. The van der Waals surface area contributed by atoms with Gasteiger partial charge in [0.15, 0.2) is 5.65 Å². The fourth-order valence-electron chi connectivity index (χ4n) is 3.52. The van der Waals surface area contributed by atoms with Gasteiger partial charge in [-0.2, -0.15) is 4.52 Å². The summed E-state index contributed by atoms with van der Waals surface area (Å²) >= 11 is 0. The van der Waals surface area contributed by atoms with Crippen molar-refractivity contribution in [3.05, 3.63) is 65.2 Å². The molecule has 31 heavy (non-hydrogen) atoms. The molecule has 0 radical (unpaired) electrons. The van der Waals surface area contributed by atoms with E-state index in [1.165, 1.54) is 0 Å². The highest BCUT2D eigenvalue weighted by atomic mass is 16.2. The summed E-state index contributed by atoms with van der Waals surface area (Å²) < 4.78 is 1.74. The Balaban J connectivity index is 1.67. The van der Waals surface area contributed by atoms with Gasteiger partial charge in [-0.3, -0.25) is 0 Å². The van der Waals surface area contributed by atoms with Crippen LogP contribution in [0.2, 0.25) is 0 Å². The summed E-state index contributed by atoms with van der Waals surface area (Å²) in [6.45, 7) is 5.80. The minimum atomic E-state index is -0.152. The molecule has 0 saturated heterocycles. The van der Waals surface area contributed by atoms with Crippen LogP contribution >= 0.6 is 0 Å². The van der Waals surface area contributed by atoms with Gasteiger partial charge in [-0.15, -0.1) is 5.10 Å². The van der Waals surface area contributed by atoms with Crippen LogP contribution in [0, 0.1) is 13.8 Å². The molecule has 8 heteroatoms. The number of nitrogens with zero attached hydrogens (tertiary/aromatic N) is 6. The molecule has 2 amide bonds. The van der Waals surface area contributed by atoms with E-state index >= 15 is 0 Å². The van der Waals surface area contributed by atoms with Crippen LogP contribution in [0.15, 0.2) is 48.5 Å². The number of benzene rings is 2. The quantitative estimate of drug-likeness (QED) is 0.520. The van der Waals surface area contributed by atoms with Gasteiger partial charge in [0.25, 0.3) is 0 Å². The van der Waals surface area contributed by atoms with Crippen molar-refractivity contribution in [2.24, 2.45) is 0 Å². The summed E-state index contributed by atoms with van der Waals surface area (Å²) in [5, 5.41) is 16.3. The van der Waals surface area contributed by atoms with Crippen molar-refractivity contribution in [1.82, 2.24) is 29.8 Å². The van der Waals surface area contributed by atoms with Crippen molar-refractivity contribution in [2.75, 3.05) is 32.5 Å². The van der Waals surface area contributed by atoms with Crippen LogP contribution in [0.3, 0.4) is 0 Å². The second-order valence-electron chi connectivity index (χ2n) is 8.17. The van der Waals surface area contributed by atoms with Crippen molar-refractivity contribution < 1.29 is 4.79 Å². The van der Waals surface area contributed by atoms with Gasteiger partial charge in [-0.25, -0.2) is 4.79 Å². The largest absolute Gasteiger partial charge is 0.322 e. The van der Waals surface area contributed by atoms with Gasteiger partial charge in [-0.05, 0) is 68.7 Å². The van der Waals surface area contributed by atoms with Gasteiger partial charge in [0.05, 0.1) is 12.1 Å². The molecule has 8 nitrogen and oxygen atoms in total. The minimum absolute atomic E-state index is 0.152. The molecular weight excluding hydrogens is 390 g/mol. The van der Waals surface area contributed by atoms with Crippen molar-refractivity contribution >= 4 is 28.3 Å². The molecular formula is C23H27N7O. The first kappa shape index (κ1) is 20.7. The van der Waals surface area contributed by atoms with E-state index in [0.29, 0.717) is 18.7 Å². The summed E-state index contributed by atoms with van der Waals surface area (Å²) in [6, 6.07) is 15.9. The Bertz CT molecular complexity index is 1210. The molecule has 1 N–H and O–H groups in total. The van der Waals surface area contributed by atoms with Crippen LogP contribution in [0.25, 0.3) is 16.6 Å². The smallest absolute Gasteiger partial charge is 0.319 e. The van der Waals surface area contributed by atoms with Crippen LogP contribution in [0.1, 0.15) is 16.7 Å². The molecule has 0 aliphatic rings. The van der Waals surface area contributed by atoms with Crippen LogP contribution in [0.5, 0.6) is 0 Å². The number of pyridine rings is 1. The number of anilines is 1. The lowest BCUT2D eigenvalue weighted by atomic mass is 10.1. The van der Waals surface area contributed by atoms with Gasteiger partial charge >= 0.3 is 6.03 Å². The molecule has 4 aromatic rings. The monoisotopic (exact) mass is 417 g/mol. The van der Waals surface area contributed by atoms with Gasteiger partial charge in [0.1, 0.15) is 0 Å². The van der Waals surface area contributed by atoms with E-state index in [-0.39, 0.29) is 6.03 Å². The van der Waals surface area contributed by atoms with Crippen molar-refractivity contribution in [1.29, 1.82) is 0 Å². The van der Waals surface area contributed by atoms with Crippen molar-refractivity contribution in [3.63, 3.8) is 0 Å². The van der Waals surface area contributed by atoms with E-state index in [4.69, 9.17) is 0 Å². The van der Waals surface area contributed by atoms with E-state index in [2.05, 4.69) is 44.8 Å². The molecule has 0 unspecified atom stereocenters. The molecule has 0 saturated carbocycles. The van der Waals surface area contributed by atoms with Gasteiger partial charge in [0.2, 0.25) is 0 Å². The first-order valence-electron chi connectivity index (χ1n) is 10.3. The first-order chi connectivity index (χ1) is 14.9. The fraction of sp³-hybridized carbons (Fsp3) is 0.304. The van der Waals surface area contributed by atoms with Crippen LogP contribution in [-0.2, 0) is 6.54 Å². The summed E-state index contributed by atoms with van der Waals surface area (Å²) in [6.07, 6.45) is 0. The maximum atomic E-state index is 13.1. The van der Waals surface area contributed by atoms with Crippen molar-refractivity contribution in [2.45, 2.75) is 20.4 Å².